The molecule has 5 rings (SSSR count). The van der Waals surface area contributed by atoms with Gasteiger partial charge in [-0.05, 0) is 30.7 Å². The lowest BCUT2D eigenvalue weighted by atomic mass is 9.95. The molecule has 2 aliphatic rings. The van der Waals surface area contributed by atoms with Crippen LogP contribution in [0.4, 0.5) is 0 Å². The molecule has 0 saturated carbocycles. The van der Waals surface area contributed by atoms with Crippen LogP contribution in [0.5, 0.6) is 5.75 Å². The van der Waals surface area contributed by atoms with Gasteiger partial charge in [-0.25, -0.2) is 5.01 Å². The van der Waals surface area contributed by atoms with Crippen molar-refractivity contribution in [3.8, 4) is 5.75 Å². The van der Waals surface area contributed by atoms with Crippen LogP contribution in [0.3, 0.4) is 0 Å². The van der Waals surface area contributed by atoms with Crippen LogP contribution in [0.1, 0.15) is 40.9 Å². The molecular weight excluding hydrogens is 400 g/mol. The van der Waals surface area contributed by atoms with E-state index in [-0.39, 0.29) is 12.3 Å². The number of hydrogen-bond donors (Lipinski definition) is 0. The van der Waals surface area contributed by atoms with Gasteiger partial charge < -0.3 is 4.74 Å². The summed E-state index contributed by atoms with van der Waals surface area (Å²) in [5.74, 6) is 0.939. The minimum atomic E-state index is -0.215. The van der Waals surface area contributed by atoms with Gasteiger partial charge in [0.15, 0.2) is 0 Å². The highest BCUT2D eigenvalue weighted by atomic mass is 79.9. The van der Waals surface area contributed by atoms with Crippen LogP contribution in [-0.2, 0) is 0 Å². The third-order valence-electron chi connectivity index (χ3n) is 5.22. The fourth-order valence-corrected chi connectivity index (χ4v) is 4.19. The zero-order valence-electron chi connectivity index (χ0n) is 15.0. The van der Waals surface area contributed by atoms with E-state index in [4.69, 9.17) is 9.84 Å². The Hall–Kier alpha value is -2.59. The van der Waals surface area contributed by atoms with Crippen molar-refractivity contribution in [2.45, 2.75) is 25.6 Å². The quantitative estimate of drug-likeness (QED) is 0.509. The average molecular weight is 419 g/mol. The number of benzene rings is 3. The molecule has 0 N–H and O–H groups in total. The third kappa shape index (κ3) is 2.94. The van der Waals surface area contributed by atoms with Crippen LogP contribution < -0.4 is 4.74 Å². The molecular formula is C23H19BrN2O. The molecule has 2 aliphatic heterocycles. The van der Waals surface area contributed by atoms with Crippen molar-refractivity contribution in [2.75, 3.05) is 0 Å². The summed E-state index contributed by atoms with van der Waals surface area (Å²) in [7, 11) is 0. The summed E-state index contributed by atoms with van der Waals surface area (Å²) in [6, 6.07) is 25.3. The van der Waals surface area contributed by atoms with Gasteiger partial charge in [-0.1, -0.05) is 76.1 Å². The molecule has 2 atom stereocenters. The minimum absolute atomic E-state index is 0.174. The molecule has 2 unspecified atom stereocenters. The van der Waals surface area contributed by atoms with Crippen molar-refractivity contribution in [2.24, 2.45) is 5.10 Å². The standard InChI is InChI=1S/C23H19BrN2O/c1-15-7-9-16(10-8-15)20-14-21-19-13-18(24)11-12-22(19)27-23(26(21)25-20)17-5-3-2-4-6-17/h2-13,21,23H,14H2,1H3. The molecule has 0 saturated heterocycles. The zero-order valence-corrected chi connectivity index (χ0v) is 16.6. The fraction of sp³-hybridized carbons (Fsp3) is 0.174. The van der Waals surface area contributed by atoms with E-state index in [9.17, 15) is 0 Å². The first kappa shape index (κ1) is 16.6. The first-order valence-corrected chi connectivity index (χ1v) is 9.92. The molecule has 3 aromatic rings. The van der Waals surface area contributed by atoms with Crippen molar-refractivity contribution in [3.05, 3.63) is 99.5 Å². The number of fused-ring (bicyclic) bond motifs is 3. The van der Waals surface area contributed by atoms with Gasteiger partial charge in [0, 0.05) is 22.0 Å². The third-order valence-corrected chi connectivity index (χ3v) is 5.71. The molecule has 0 spiro atoms. The van der Waals surface area contributed by atoms with E-state index in [2.05, 4.69) is 76.4 Å². The lowest BCUT2D eigenvalue weighted by molar-refractivity contribution is -0.0190. The Morgan fingerprint density at radius 1 is 1.00 bits per heavy atom. The summed E-state index contributed by atoms with van der Waals surface area (Å²) >= 11 is 3.60. The number of ether oxygens (including phenoxy) is 1. The molecule has 0 bridgehead atoms. The molecule has 0 aromatic heterocycles. The normalized spacial score (nSPS) is 20.5. The van der Waals surface area contributed by atoms with Crippen molar-refractivity contribution >= 4 is 21.6 Å². The lowest BCUT2D eigenvalue weighted by Crippen LogP contribution is -2.33. The Balaban J connectivity index is 1.60. The number of rotatable bonds is 2. The maximum atomic E-state index is 6.39. The second-order valence-electron chi connectivity index (χ2n) is 7.08. The second kappa shape index (κ2) is 6.54. The Morgan fingerprint density at radius 3 is 2.56 bits per heavy atom. The number of nitrogens with zero attached hydrogens (tertiary/aromatic N) is 2. The zero-order chi connectivity index (χ0) is 18.4. The lowest BCUT2D eigenvalue weighted by Gasteiger charge is -2.38. The molecule has 0 radical (unpaired) electrons. The molecule has 0 amide bonds. The molecule has 4 heteroatoms. The topological polar surface area (TPSA) is 24.8 Å². The van der Waals surface area contributed by atoms with E-state index in [0.29, 0.717) is 0 Å². The Labute approximate surface area is 167 Å². The number of hydrogen-bond acceptors (Lipinski definition) is 3. The van der Waals surface area contributed by atoms with Crippen LogP contribution in [0.15, 0.2) is 82.4 Å². The summed E-state index contributed by atoms with van der Waals surface area (Å²) in [6.45, 7) is 2.11. The van der Waals surface area contributed by atoms with E-state index < -0.39 is 0 Å². The van der Waals surface area contributed by atoms with E-state index in [1.165, 1.54) is 16.7 Å². The van der Waals surface area contributed by atoms with Crippen LogP contribution in [0.25, 0.3) is 0 Å². The first-order chi connectivity index (χ1) is 13.2. The van der Waals surface area contributed by atoms with Gasteiger partial charge in [0.1, 0.15) is 5.75 Å². The molecule has 3 aromatic carbocycles. The molecule has 134 valence electrons. The summed E-state index contributed by atoms with van der Waals surface area (Å²) in [5.41, 5.74) is 5.85. The summed E-state index contributed by atoms with van der Waals surface area (Å²) in [6.07, 6.45) is 0.659. The average Bonchev–Trinajstić information content (AvgIpc) is 3.14. The number of halogens is 1. The van der Waals surface area contributed by atoms with Gasteiger partial charge in [0.05, 0.1) is 11.8 Å². The predicted molar refractivity (Wildman–Crippen MR) is 111 cm³/mol. The maximum absolute atomic E-state index is 6.39. The Bertz CT molecular complexity index is 1010. The van der Waals surface area contributed by atoms with Gasteiger partial charge in [0.2, 0.25) is 6.23 Å². The Morgan fingerprint density at radius 2 is 1.78 bits per heavy atom. The van der Waals surface area contributed by atoms with Crippen LogP contribution in [0, 0.1) is 6.92 Å². The smallest absolute Gasteiger partial charge is 0.213 e. The molecule has 27 heavy (non-hydrogen) atoms. The van der Waals surface area contributed by atoms with E-state index in [1.807, 2.05) is 24.3 Å². The van der Waals surface area contributed by atoms with E-state index in [1.54, 1.807) is 0 Å². The van der Waals surface area contributed by atoms with Crippen molar-refractivity contribution in [1.82, 2.24) is 5.01 Å². The minimum Gasteiger partial charge on any atom is -0.464 e. The van der Waals surface area contributed by atoms with Gasteiger partial charge in [-0.3, -0.25) is 0 Å². The number of aryl methyl sites for hydroxylation is 1. The highest BCUT2D eigenvalue weighted by Crippen LogP contribution is 2.48. The van der Waals surface area contributed by atoms with E-state index in [0.717, 1.165) is 27.9 Å². The van der Waals surface area contributed by atoms with Gasteiger partial charge in [0.25, 0.3) is 0 Å². The van der Waals surface area contributed by atoms with E-state index >= 15 is 0 Å². The van der Waals surface area contributed by atoms with Gasteiger partial charge >= 0.3 is 0 Å². The monoisotopic (exact) mass is 418 g/mol. The molecule has 2 heterocycles. The Kier molecular flexibility index (Phi) is 4.01. The summed E-state index contributed by atoms with van der Waals surface area (Å²) in [5, 5.41) is 7.13. The van der Waals surface area contributed by atoms with Crippen LogP contribution in [-0.4, -0.2) is 10.7 Å². The van der Waals surface area contributed by atoms with Crippen molar-refractivity contribution in [3.63, 3.8) is 0 Å². The van der Waals surface area contributed by atoms with Gasteiger partial charge in [-0.15, -0.1) is 0 Å². The fourth-order valence-electron chi connectivity index (χ4n) is 3.82. The molecule has 0 fully saturated rings. The highest BCUT2D eigenvalue weighted by Gasteiger charge is 2.40. The van der Waals surface area contributed by atoms with Gasteiger partial charge in [-0.2, -0.15) is 5.10 Å². The second-order valence-corrected chi connectivity index (χ2v) is 7.99. The molecule has 3 nitrogen and oxygen atoms in total. The SMILES string of the molecule is Cc1ccc(C2=NN3C(C2)c2cc(Br)ccc2OC3c2ccccc2)cc1. The first-order valence-electron chi connectivity index (χ1n) is 9.13. The highest BCUT2D eigenvalue weighted by molar-refractivity contribution is 9.10. The predicted octanol–water partition coefficient (Wildman–Crippen LogP) is 6.00. The van der Waals surface area contributed by atoms with Crippen molar-refractivity contribution < 1.29 is 4.74 Å². The largest absolute Gasteiger partial charge is 0.464 e. The summed E-state index contributed by atoms with van der Waals surface area (Å²) in [4.78, 5) is 0. The maximum Gasteiger partial charge on any atom is 0.213 e. The van der Waals surface area contributed by atoms with Crippen LogP contribution >= 0.6 is 15.9 Å². The molecule has 0 aliphatic carbocycles. The van der Waals surface area contributed by atoms with Crippen LogP contribution in [0.2, 0.25) is 0 Å². The summed E-state index contributed by atoms with van der Waals surface area (Å²) < 4.78 is 7.45. The number of hydrazone groups is 1. The van der Waals surface area contributed by atoms with Crippen molar-refractivity contribution in [1.29, 1.82) is 0 Å².